The molecular formula is C15H25NO3S. The van der Waals surface area contributed by atoms with Gasteiger partial charge in [-0.3, -0.25) is 0 Å². The van der Waals surface area contributed by atoms with E-state index in [1.807, 2.05) is 40.7 Å². The van der Waals surface area contributed by atoms with Gasteiger partial charge in [-0.15, -0.1) is 0 Å². The van der Waals surface area contributed by atoms with Crippen molar-refractivity contribution in [3.05, 3.63) is 23.3 Å². The van der Waals surface area contributed by atoms with Crippen molar-refractivity contribution in [3.63, 3.8) is 0 Å². The van der Waals surface area contributed by atoms with Crippen LogP contribution in [0.2, 0.25) is 0 Å². The smallest absolute Gasteiger partial charge is 0.246 e. The Morgan fingerprint density at radius 1 is 1.05 bits per heavy atom. The Kier molecular flexibility index (Phi) is 6.02. The summed E-state index contributed by atoms with van der Waals surface area (Å²) in [5, 5.41) is 0. The number of nitrogens with zero attached hydrogens (tertiary/aromatic N) is 1. The quantitative estimate of drug-likeness (QED) is 0.777. The first-order valence-electron chi connectivity index (χ1n) is 7.12. The minimum atomic E-state index is -3.49. The fourth-order valence-electron chi connectivity index (χ4n) is 1.99. The first-order chi connectivity index (χ1) is 9.38. The predicted octanol–water partition coefficient (Wildman–Crippen LogP) is 3.12. The second-order valence-corrected chi connectivity index (χ2v) is 6.73. The van der Waals surface area contributed by atoms with Crippen molar-refractivity contribution in [1.29, 1.82) is 0 Å². The van der Waals surface area contributed by atoms with E-state index in [-0.39, 0.29) is 4.90 Å². The van der Waals surface area contributed by atoms with Crippen molar-refractivity contribution >= 4 is 10.0 Å². The Labute approximate surface area is 122 Å². The molecule has 4 nitrogen and oxygen atoms in total. The van der Waals surface area contributed by atoms with Crippen LogP contribution < -0.4 is 4.74 Å². The van der Waals surface area contributed by atoms with Crippen molar-refractivity contribution in [1.82, 2.24) is 4.31 Å². The first kappa shape index (κ1) is 17.0. The number of ether oxygens (including phenoxy) is 1. The summed E-state index contributed by atoms with van der Waals surface area (Å²) in [4.78, 5) is 0.276. The van der Waals surface area contributed by atoms with Gasteiger partial charge in [0.2, 0.25) is 10.0 Å². The summed E-state index contributed by atoms with van der Waals surface area (Å²) in [5.41, 5.74) is 1.99. The number of hydrogen-bond donors (Lipinski definition) is 0. The van der Waals surface area contributed by atoms with Crippen LogP contribution in [0.15, 0.2) is 17.0 Å². The predicted molar refractivity (Wildman–Crippen MR) is 81.8 cm³/mol. The molecular weight excluding hydrogens is 274 g/mol. The third-order valence-electron chi connectivity index (χ3n) is 3.34. The zero-order chi connectivity index (χ0) is 15.3. The molecule has 0 spiro atoms. The van der Waals surface area contributed by atoms with Crippen LogP contribution in [0.1, 0.15) is 38.3 Å². The van der Waals surface area contributed by atoms with E-state index in [1.54, 1.807) is 6.07 Å². The highest BCUT2D eigenvalue weighted by Gasteiger charge is 2.26. The van der Waals surface area contributed by atoms with Gasteiger partial charge in [0, 0.05) is 13.1 Å². The molecule has 0 bridgehead atoms. The summed E-state index contributed by atoms with van der Waals surface area (Å²) < 4.78 is 32.5. The molecule has 0 N–H and O–H groups in total. The standard InChI is InChI=1S/C15H25NO3S/c1-6-9-19-14-10-12(4)13(5)11-15(14)20(17,18)16(7-2)8-3/h10-11H,6-9H2,1-5H3. The Bertz CT molecular complexity index is 548. The van der Waals surface area contributed by atoms with E-state index in [2.05, 4.69) is 0 Å². The van der Waals surface area contributed by atoms with E-state index in [1.165, 1.54) is 4.31 Å². The fraction of sp³-hybridized carbons (Fsp3) is 0.600. The van der Waals surface area contributed by atoms with Crippen molar-refractivity contribution in [2.24, 2.45) is 0 Å². The summed E-state index contributed by atoms with van der Waals surface area (Å²) in [6.07, 6.45) is 0.845. The molecule has 0 saturated heterocycles. The second-order valence-electron chi connectivity index (χ2n) is 4.82. The van der Waals surface area contributed by atoms with Crippen LogP contribution in [0, 0.1) is 13.8 Å². The molecule has 20 heavy (non-hydrogen) atoms. The highest BCUT2D eigenvalue weighted by molar-refractivity contribution is 7.89. The third kappa shape index (κ3) is 3.52. The lowest BCUT2D eigenvalue weighted by atomic mass is 10.1. The van der Waals surface area contributed by atoms with E-state index in [4.69, 9.17) is 4.74 Å². The molecule has 0 aromatic heterocycles. The van der Waals surface area contributed by atoms with Crippen LogP contribution >= 0.6 is 0 Å². The lowest BCUT2D eigenvalue weighted by Gasteiger charge is -2.21. The number of sulfonamides is 1. The monoisotopic (exact) mass is 299 g/mol. The molecule has 0 atom stereocenters. The maximum atomic E-state index is 12.7. The molecule has 0 amide bonds. The molecule has 1 aromatic rings. The number of benzene rings is 1. The summed E-state index contributed by atoms with van der Waals surface area (Å²) in [5.74, 6) is 0.460. The maximum absolute atomic E-state index is 12.7. The average molecular weight is 299 g/mol. The summed E-state index contributed by atoms with van der Waals surface area (Å²) in [7, 11) is -3.49. The van der Waals surface area contributed by atoms with E-state index in [9.17, 15) is 8.42 Å². The summed E-state index contributed by atoms with van der Waals surface area (Å²) in [6, 6.07) is 3.54. The molecule has 5 heteroatoms. The van der Waals surface area contributed by atoms with E-state index < -0.39 is 10.0 Å². The Balaban J connectivity index is 3.37. The molecule has 0 fully saturated rings. The molecule has 0 heterocycles. The topological polar surface area (TPSA) is 46.6 Å². The van der Waals surface area contributed by atoms with E-state index >= 15 is 0 Å². The van der Waals surface area contributed by atoms with Gasteiger partial charge < -0.3 is 4.74 Å². The van der Waals surface area contributed by atoms with Gasteiger partial charge in [-0.2, -0.15) is 4.31 Å². The average Bonchev–Trinajstić information content (AvgIpc) is 2.40. The molecule has 0 aliphatic rings. The van der Waals surface area contributed by atoms with E-state index in [0.29, 0.717) is 25.4 Å². The van der Waals surface area contributed by atoms with Crippen LogP contribution in [0.3, 0.4) is 0 Å². The van der Waals surface area contributed by atoms with Crippen molar-refractivity contribution in [2.75, 3.05) is 19.7 Å². The van der Waals surface area contributed by atoms with Crippen LogP contribution in [0.4, 0.5) is 0 Å². The van der Waals surface area contributed by atoms with Crippen LogP contribution in [0.5, 0.6) is 5.75 Å². The van der Waals surface area contributed by atoms with Crippen molar-refractivity contribution in [3.8, 4) is 5.75 Å². The normalized spacial score (nSPS) is 11.9. The number of hydrogen-bond acceptors (Lipinski definition) is 3. The molecule has 1 aromatic carbocycles. The third-order valence-corrected chi connectivity index (χ3v) is 5.42. The summed E-state index contributed by atoms with van der Waals surface area (Å²) >= 11 is 0. The van der Waals surface area contributed by atoms with Crippen molar-refractivity contribution in [2.45, 2.75) is 45.9 Å². The van der Waals surface area contributed by atoms with E-state index in [0.717, 1.165) is 17.5 Å². The molecule has 0 aliphatic heterocycles. The molecule has 0 radical (unpaired) electrons. The van der Waals surface area contributed by atoms with Gasteiger partial charge in [-0.1, -0.05) is 20.8 Å². The minimum Gasteiger partial charge on any atom is -0.492 e. The number of rotatable bonds is 7. The Morgan fingerprint density at radius 3 is 2.10 bits per heavy atom. The Morgan fingerprint density at radius 2 is 1.60 bits per heavy atom. The molecule has 0 unspecified atom stereocenters. The SMILES string of the molecule is CCCOc1cc(C)c(C)cc1S(=O)(=O)N(CC)CC. The molecule has 114 valence electrons. The van der Waals surface area contributed by atoms with Crippen molar-refractivity contribution < 1.29 is 13.2 Å². The zero-order valence-electron chi connectivity index (χ0n) is 13.1. The summed E-state index contributed by atoms with van der Waals surface area (Å²) in [6.45, 7) is 11.0. The largest absolute Gasteiger partial charge is 0.492 e. The Hall–Kier alpha value is -1.07. The zero-order valence-corrected chi connectivity index (χ0v) is 13.9. The van der Waals surface area contributed by atoms with Gasteiger partial charge in [-0.25, -0.2) is 8.42 Å². The highest BCUT2D eigenvalue weighted by Crippen LogP contribution is 2.30. The lowest BCUT2D eigenvalue weighted by Crippen LogP contribution is -2.31. The molecule has 0 saturated carbocycles. The first-order valence-corrected chi connectivity index (χ1v) is 8.56. The van der Waals surface area contributed by atoms with Gasteiger partial charge >= 0.3 is 0 Å². The van der Waals surface area contributed by atoms with Gasteiger partial charge in [-0.05, 0) is 43.5 Å². The van der Waals surface area contributed by atoms with Gasteiger partial charge in [0.1, 0.15) is 10.6 Å². The lowest BCUT2D eigenvalue weighted by molar-refractivity contribution is 0.307. The number of aryl methyl sites for hydroxylation is 2. The molecule has 0 aliphatic carbocycles. The minimum absolute atomic E-state index is 0.276. The fourth-order valence-corrected chi connectivity index (χ4v) is 3.65. The second kappa shape index (κ2) is 7.09. The highest BCUT2D eigenvalue weighted by atomic mass is 32.2. The van der Waals surface area contributed by atoms with Gasteiger partial charge in [0.05, 0.1) is 6.61 Å². The van der Waals surface area contributed by atoms with Gasteiger partial charge in [0.25, 0.3) is 0 Å². The van der Waals surface area contributed by atoms with Crippen LogP contribution in [-0.2, 0) is 10.0 Å². The maximum Gasteiger partial charge on any atom is 0.246 e. The van der Waals surface area contributed by atoms with Gasteiger partial charge in [0.15, 0.2) is 0 Å². The van der Waals surface area contributed by atoms with Crippen LogP contribution in [0.25, 0.3) is 0 Å². The molecule has 1 rings (SSSR count). The van der Waals surface area contributed by atoms with Crippen LogP contribution in [-0.4, -0.2) is 32.4 Å².